The number of carbonyl (C=O) groups is 2. The molecule has 1 aromatic rings. The molecule has 0 unspecified atom stereocenters. The van der Waals surface area contributed by atoms with Crippen molar-refractivity contribution in [1.82, 2.24) is 4.90 Å². The van der Waals surface area contributed by atoms with E-state index in [0.29, 0.717) is 18.4 Å². The Balaban J connectivity index is 2.08. The first kappa shape index (κ1) is 12.3. The van der Waals surface area contributed by atoms with Gasteiger partial charge in [0.15, 0.2) is 5.78 Å². The molecule has 0 aromatic heterocycles. The molecular weight excluding hydrogens is 244 g/mol. The van der Waals surface area contributed by atoms with Crippen molar-refractivity contribution in [3.8, 4) is 0 Å². The highest BCUT2D eigenvalue weighted by Gasteiger charge is 2.42. The molecule has 1 saturated heterocycles. The standard InChI is InChI=1S/C14H16N2O3/c15-11-5-8-3-1-2-4-10(8)13(18)12-6-9(17)7-16(12)14(11)19/h1-4,9,11-12,17H,5-7,15H2/t9-,11+,12+/m1/s1. The van der Waals surface area contributed by atoms with Crippen LogP contribution in [0.1, 0.15) is 22.3 Å². The second-order valence-corrected chi connectivity index (χ2v) is 5.23. The highest BCUT2D eigenvalue weighted by atomic mass is 16.3. The van der Waals surface area contributed by atoms with Crippen LogP contribution in [-0.4, -0.2) is 46.4 Å². The minimum atomic E-state index is -0.651. The second-order valence-electron chi connectivity index (χ2n) is 5.23. The number of rotatable bonds is 0. The number of nitrogens with two attached hydrogens (primary N) is 1. The fraction of sp³-hybridized carbons (Fsp3) is 0.429. The molecule has 2 aliphatic heterocycles. The highest BCUT2D eigenvalue weighted by Crippen LogP contribution is 2.27. The topological polar surface area (TPSA) is 83.6 Å². The third-order valence-electron chi connectivity index (χ3n) is 3.90. The maximum Gasteiger partial charge on any atom is 0.240 e. The molecular formula is C14H16N2O3. The van der Waals surface area contributed by atoms with E-state index in [0.717, 1.165) is 5.56 Å². The number of fused-ring (bicyclic) bond motifs is 2. The first-order chi connectivity index (χ1) is 9.08. The van der Waals surface area contributed by atoms with E-state index in [-0.39, 0.29) is 18.2 Å². The predicted octanol–water partition coefficient (Wildman–Crippen LogP) is -0.286. The first-order valence-electron chi connectivity index (χ1n) is 6.44. The number of hydrogen-bond acceptors (Lipinski definition) is 4. The van der Waals surface area contributed by atoms with Gasteiger partial charge in [-0.15, -0.1) is 0 Å². The highest BCUT2D eigenvalue weighted by molar-refractivity contribution is 6.04. The van der Waals surface area contributed by atoms with Gasteiger partial charge in [0, 0.05) is 18.5 Å². The van der Waals surface area contributed by atoms with Crippen molar-refractivity contribution >= 4 is 11.7 Å². The summed E-state index contributed by atoms with van der Waals surface area (Å²) in [6.45, 7) is 0.200. The van der Waals surface area contributed by atoms with Crippen molar-refractivity contribution in [2.24, 2.45) is 5.73 Å². The van der Waals surface area contributed by atoms with E-state index in [1.54, 1.807) is 12.1 Å². The molecule has 0 saturated carbocycles. The van der Waals surface area contributed by atoms with Crippen molar-refractivity contribution in [1.29, 1.82) is 0 Å². The third-order valence-corrected chi connectivity index (χ3v) is 3.90. The van der Waals surface area contributed by atoms with Gasteiger partial charge in [-0.2, -0.15) is 0 Å². The van der Waals surface area contributed by atoms with Gasteiger partial charge < -0.3 is 15.7 Å². The SMILES string of the molecule is N[C@H]1Cc2ccccc2C(=O)[C@@H]2C[C@@H](O)CN2C1=O. The van der Waals surface area contributed by atoms with Crippen LogP contribution >= 0.6 is 0 Å². The lowest BCUT2D eigenvalue weighted by atomic mass is 9.91. The van der Waals surface area contributed by atoms with E-state index < -0.39 is 18.2 Å². The van der Waals surface area contributed by atoms with Crippen LogP contribution in [0.25, 0.3) is 0 Å². The van der Waals surface area contributed by atoms with Gasteiger partial charge in [-0.3, -0.25) is 9.59 Å². The van der Waals surface area contributed by atoms with Crippen molar-refractivity contribution in [3.05, 3.63) is 35.4 Å². The average Bonchev–Trinajstić information content (AvgIpc) is 2.78. The fourth-order valence-electron chi connectivity index (χ4n) is 2.96. The van der Waals surface area contributed by atoms with Gasteiger partial charge in [0.2, 0.25) is 5.91 Å². The maximum absolute atomic E-state index is 12.5. The first-order valence-corrected chi connectivity index (χ1v) is 6.44. The van der Waals surface area contributed by atoms with Crippen molar-refractivity contribution < 1.29 is 14.7 Å². The number of hydrogen-bond donors (Lipinski definition) is 2. The molecule has 0 bridgehead atoms. The number of nitrogens with zero attached hydrogens (tertiary/aromatic N) is 1. The van der Waals surface area contributed by atoms with Gasteiger partial charge >= 0.3 is 0 Å². The molecule has 5 nitrogen and oxygen atoms in total. The van der Waals surface area contributed by atoms with Crippen molar-refractivity contribution in [3.63, 3.8) is 0 Å². The van der Waals surface area contributed by atoms with Crippen LogP contribution in [0.5, 0.6) is 0 Å². The number of aliphatic hydroxyl groups is 1. The predicted molar refractivity (Wildman–Crippen MR) is 68.6 cm³/mol. The van der Waals surface area contributed by atoms with Gasteiger partial charge in [0.05, 0.1) is 18.2 Å². The molecule has 1 aromatic carbocycles. The molecule has 3 N–H and O–H groups in total. The Morgan fingerprint density at radius 2 is 2.00 bits per heavy atom. The van der Waals surface area contributed by atoms with Crippen LogP contribution in [0.3, 0.4) is 0 Å². The van der Waals surface area contributed by atoms with Crippen LogP contribution in [0.4, 0.5) is 0 Å². The molecule has 3 atom stereocenters. The number of benzene rings is 1. The van der Waals surface area contributed by atoms with Gasteiger partial charge in [0.1, 0.15) is 0 Å². The number of Topliss-reactive ketones (excluding diaryl/α,β-unsaturated/α-hetero) is 1. The van der Waals surface area contributed by atoms with Gasteiger partial charge in [-0.1, -0.05) is 24.3 Å². The zero-order valence-corrected chi connectivity index (χ0v) is 10.5. The van der Waals surface area contributed by atoms with Crippen LogP contribution < -0.4 is 5.73 Å². The molecule has 3 rings (SSSR count). The Morgan fingerprint density at radius 1 is 1.26 bits per heavy atom. The van der Waals surface area contributed by atoms with Gasteiger partial charge in [0.25, 0.3) is 0 Å². The fourth-order valence-corrected chi connectivity index (χ4v) is 2.96. The molecule has 0 aliphatic carbocycles. The summed E-state index contributed by atoms with van der Waals surface area (Å²) in [4.78, 5) is 26.2. The minimum Gasteiger partial charge on any atom is -0.391 e. The summed E-state index contributed by atoms with van der Waals surface area (Å²) in [7, 11) is 0. The van der Waals surface area contributed by atoms with E-state index in [4.69, 9.17) is 5.73 Å². The molecule has 0 spiro atoms. The van der Waals surface area contributed by atoms with E-state index in [9.17, 15) is 14.7 Å². The lowest BCUT2D eigenvalue weighted by Gasteiger charge is -2.29. The lowest BCUT2D eigenvalue weighted by molar-refractivity contribution is -0.133. The summed E-state index contributed by atoms with van der Waals surface area (Å²) < 4.78 is 0. The summed E-state index contributed by atoms with van der Waals surface area (Å²) >= 11 is 0. The van der Waals surface area contributed by atoms with Crippen LogP contribution in [-0.2, 0) is 11.2 Å². The third kappa shape index (κ3) is 1.95. The van der Waals surface area contributed by atoms with Crippen LogP contribution in [0, 0.1) is 0 Å². The molecule has 19 heavy (non-hydrogen) atoms. The normalized spacial score (nSPS) is 30.6. The van der Waals surface area contributed by atoms with E-state index in [2.05, 4.69) is 0 Å². The quantitative estimate of drug-likeness (QED) is 0.671. The van der Waals surface area contributed by atoms with Crippen LogP contribution in [0.15, 0.2) is 24.3 Å². The maximum atomic E-state index is 12.5. The summed E-state index contributed by atoms with van der Waals surface area (Å²) in [5.41, 5.74) is 7.36. The number of carbonyl (C=O) groups excluding carboxylic acids is 2. The monoisotopic (exact) mass is 260 g/mol. The largest absolute Gasteiger partial charge is 0.391 e. The molecule has 2 aliphatic rings. The van der Waals surface area contributed by atoms with E-state index in [1.165, 1.54) is 4.90 Å². The molecule has 2 heterocycles. The molecule has 0 radical (unpaired) electrons. The molecule has 5 heteroatoms. The smallest absolute Gasteiger partial charge is 0.240 e. The number of ketones is 1. The van der Waals surface area contributed by atoms with Crippen molar-refractivity contribution in [2.75, 3.05) is 6.54 Å². The summed E-state index contributed by atoms with van der Waals surface area (Å²) in [6, 6.07) is 6.02. The second kappa shape index (κ2) is 4.43. The minimum absolute atomic E-state index is 0.0904. The van der Waals surface area contributed by atoms with E-state index in [1.807, 2.05) is 12.1 Å². The Hall–Kier alpha value is -1.72. The Bertz CT molecular complexity index is 543. The molecule has 1 amide bonds. The molecule has 100 valence electrons. The zero-order chi connectivity index (χ0) is 13.6. The summed E-state index contributed by atoms with van der Waals surface area (Å²) in [6.07, 6.45) is 0.0152. The van der Waals surface area contributed by atoms with Crippen molar-refractivity contribution in [2.45, 2.75) is 31.0 Å². The van der Waals surface area contributed by atoms with Crippen LogP contribution in [0.2, 0.25) is 0 Å². The average molecular weight is 260 g/mol. The summed E-state index contributed by atoms with van der Waals surface area (Å²) in [5.74, 6) is -0.336. The lowest BCUT2D eigenvalue weighted by Crippen LogP contribution is -2.51. The van der Waals surface area contributed by atoms with Gasteiger partial charge in [-0.05, 0) is 12.0 Å². The Kier molecular flexibility index (Phi) is 2.88. The number of aliphatic hydroxyl groups excluding tert-OH is 1. The summed E-state index contributed by atoms with van der Waals surface area (Å²) in [5, 5.41) is 9.73. The molecule has 1 fully saturated rings. The van der Waals surface area contributed by atoms with E-state index >= 15 is 0 Å². The number of amides is 1. The Morgan fingerprint density at radius 3 is 2.79 bits per heavy atom. The van der Waals surface area contributed by atoms with Gasteiger partial charge in [-0.25, -0.2) is 0 Å². The zero-order valence-electron chi connectivity index (χ0n) is 10.5. The Labute approximate surface area is 111 Å².